The SMILES string of the molecule is Cc1ccc(C(=O)c2ccnn2C)c(C)n1. The van der Waals surface area contributed by atoms with E-state index in [0.717, 1.165) is 11.4 Å². The highest BCUT2D eigenvalue weighted by atomic mass is 16.1. The highest BCUT2D eigenvalue weighted by molar-refractivity contribution is 6.08. The van der Waals surface area contributed by atoms with E-state index in [1.807, 2.05) is 26.0 Å². The predicted molar refractivity (Wildman–Crippen MR) is 60.4 cm³/mol. The van der Waals surface area contributed by atoms with E-state index in [0.29, 0.717) is 11.3 Å². The van der Waals surface area contributed by atoms with E-state index in [-0.39, 0.29) is 5.78 Å². The Hall–Kier alpha value is -1.97. The second-order valence-corrected chi connectivity index (χ2v) is 3.75. The fourth-order valence-corrected chi connectivity index (χ4v) is 1.66. The highest BCUT2D eigenvalue weighted by Crippen LogP contribution is 2.12. The Morgan fingerprint density at radius 3 is 2.56 bits per heavy atom. The molecule has 0 atom stereocenters. The minimum Gasteiger partial charge on any atom is -0.287 e. The van der Waals surface area contributed by atoms with Crippen LogP contribution in [0, 0.1) is 13.8 Å². The molecule has 0 aliphatic carbocycles. The van der Waals surface area contributed by atoms with Crippen LogP contribution in [-0.4, -0.2) is 20.5 Å². The van der Waals surface area contributed by atoms with Crippen LogP contribution in [0.1, 0.15) is 27.4 Å². The first-order valence-corrected chi connectivity index (χ1v) is 5.06. The topological polar surface area (TPSA) is 47.8 Å². The van der Waals surface area contributed by atoms with Crippen molar-refractivity contribution in [3.05, 3.63) is 47.0 Å². The zero-order chi connectivity index (χ0) is 11.7. The van der Waals surface area contributed by atoms with E-state index in [4.69, 9.17) is 0 Å². The van der Waals surface area contributed by atoms with Gasteiger partial charge in [-0.3, -0.25) is 14.5 Å². The number of nitrogens with zero attached hydrogens (tertiary/aromatic N) is 3. The van der Waals surface area contributed by atoms with Crippen molar-refractivity contribution in [1.29, 1.82) is 0 Å². The largest absolute Gasteiger partial charge is 0.287 e. The first-order valence-electron chi connectivity index (χ1n) is 5.06. The number of pyridine rings is 1. The zero-order valence-electron chi connectivity index (χ0n) is 9.56. The average Bonchev–Trinajstić information content (AvgIpc) is 2.63. The molecule has 0 aliphatic rings. The van der Waals surface area contributed by atoms with Crippen LogP contribution in [0.3, 0.4) is 0 Å². The molecule has 2 rings (SSSR count). The third-order valence-corrected chi connectivity index (χ3v) is 2.52. The molecule has 0 aliphatic heterocycles. The molecular weight excluding hydrogens is 202 g/mol. The lowest BCUT2D eigenvalue weighted by Gasteiger charge is -2.05. The van der Waals surface area contributed by atoms with Crippen LogP contribution in [0.5, 0.6) is 0 Å². The number of ketones is 1. The molecule has 0 saturated carbocycles. The maximum atomic E-state index is 12.2. The summed E-state index contributed by atoms with van der Waals surface area (Å²) in [4.78, 5) is 16.4. The lowest BCUT2D eigenvalue weighted by Crippen LogP contribution is -2.10. The van der Waals surface area contributed by atoms with Crippen LogP contribution in [-0.2, 0) is 7.05 Å². The van der Waals surface area contributed by atoms with Gasteiger partial charge in [-0.15, -0.1) is 0 Å². The van der Waals surface area contributed by atoms with Gasteiger partial charge in [-0.1, -0.05) is 0 Å². The quantitative estimate of drug-likeness (QED) is 0.716. The lowest BCUT2D eigenvalue weighted by molar-refractivity contribution is 0.102. The van der Waals surface area contributed by atoms with Crippen molar-refractivity contribution in [2.24, 2.45) is 7.05 Å². The maximum Gasteiger partial charge on any atom is 0.212 e. The Kier molecular flexibility index (Phi) is 2.56. The number of carbonyl (C=O) groups excluding carboxylic acids is 1. The van der Waals surface area contributed by atoms with Gasteiger partial charge in [0.2, 0.25) is 5.78 Å². The Labute approximate surface area is 93.9 Å². The number of hydrogen-bond acceptors (Lipinski definition) is 3. The van der Waals surface area contributed by atoms with Gasteiger partial charge in [0, 0.05) is 30.2 Å². The number of hydrogen-bond donors (Lipinski definition) is 0. The highest BCUT2D eigenvalue weighted by Gasteiger charge is 2.15. The van der Waals surface area contributed by atoms with Gasteiger partial charge >= 0.3 is 0 Å². The fourth-order valence-electron chi connectivity index (χ4n) is 1.66. The first kappa shape index (κ1) is 10.5. The smallest absolute Gasteiger partial charge is 0.212 e. The second kappa shape index (κ2) is 3.89. The Bertz CT molecular complexity index is 543. The van der Waals surface area contributed by atoms with Crippen molar-refractivity contribution in [3.63, 3.8) is 0 Å². The summed E-state index contributed by atoms with van der Waals surface area (Å²) in [6, 6.07) is 5.37. The maximum absolute atomic E-state index is 12.2. The van der Waals surface area contributed by atoms with Gasteiger partial charge in [-0.25, -0.2) is 0 Å². The van der Waals surface area contributed by atoms with Crippen molar-refractivity contribution < 1.29 is 4.79 Å². The molecule has 4 heteroatoms. The van der Waals surface area contributed by atoms with Crippen molar-refractivity contribution in [2.75, 3.05) is 0 Å². The van der Waals surface area contributed by atoms with Crippen molar-refractivity contribution in [2.45, 2.75) is 13.8 Å². The number of rotatable bonds is 2. The van der Waals surface area contributed by atoms with Crippen molar-refractivity contribution in [3.8, 4) is 0 Å². The Balaban J connectivity index is 2.46. The molecule has 0 radical (unpaired) electrons. The molecule has 82 valence electrons. The normalized spacial score (nSPS) is 10.4. The summed E-state index contributed by atoms with van der Waals surface area (Å²) in [6.45, 7) is 3.75. The van der Waals surface area contributed by atoms with Gasteiger partial charge < -0.3 is 0 Å². The Morgan fingerprint density at radius 2 is 2.00 bits per heavy atom. The molecule has 2 heterocycles. The standard InChI is InChI=1S/C12H13N3O/c1-8-4-5-10(9(2)14-8)12(16)11-6-7-13-15(11)3/h4-7H,1-3H3. The summed E-state index contributed by atoms with van der Waals surface area (Å²) in [7, 11) is 1.75. The monoisotopic (exact) mass is 215 g/mol. The summed E-state index contributed by atoms with van der Waals surface area (Å²) in [5, 5.41) is 3.99. The summed E-state index contributed by atoms with van der Waals surface area (Å²) >= 11 is 0. The van der Waals surface area contributed by atoms with Gasteiger partial charge in [-0.2, -0.15) is 5.10 Å². The van der Waals surface area contributed by atoms with Crippen molar-refractivity contribution in [1.82, 2.24) is 14.8 Å². The molecule has 4 nitrogen and oxygen atoms in total. The Morgan fingerprint density at radius 1 is 1.25 bits per heavy atom. The van der Waals surface area contributed by atoms with Gasteiger partial charge in [0.15, 0.2) is 0 Å². The van der Waals surface area contributed by atoms with E-state index in [1.165, 1.54) is 0 Å². The molecule has 0 N–H and O–H groups in total. The fraction of sp³-hybridized carbons (Fsp3) is 0.250. The summed E-state index contributed by atoms with van der Waals surface area (Å²) in [5.74, 6) is -0.0370. The van der Waals surface area contributed by atoms with E-state index >= 15 is 0 Å². The molecule has 2 aromatic rings. The van der Waals surface area contributed by atoms with E-state index in [1.54, 1.807) is 24.0 Å². The van der Waals surface area contributed by atoms with E-state index < -0.39 is 0 Å². The third kappa shape index (κ3) is 1.74. The minimum absolute atomic E-state index is 0.0370. The molecular formula is C12H13N3O. The minimum atomic E-state index is -0.0370. The molecule has 0 unspecified atom stereocenters. The van der Waals surface area contributed by atoms with Crippen LogP contribution in [0.25, 0.3) is 0 Å². The van der Waals surface area contributed by atoms with Gasteiger partial charge in [-0.05, 0) is 32.0 Å². The number of aromatic nitrogens is 3. The second-order valence-electron chi connectivity index (χ2n) is 3.75. The van der Waals surface area contributed by atoms with Crippen LogP contribution in [0.15, 0.2) is 24.4 Å². The van der Waals surface area contributed by atoms with Crippen LogP contribution >= 0.6 is 0 Å². The molecule has 2 aromatic heterocycles. The van der Waals surface area contributed by atoms with Crippen LogP contribution < -0.4 is 0 Å². The van der Waals surface area contributed by atoms with Gasteiger partial charge in [0.1, 0.15) is 5.69 Å². The average molecular weight is 215 g/mol. The first-order chi connectivity index (χ1) is 7.59. The number of aryl methyl sites for hydroxylation is 3. The summed E-state index contributed by atoms with van der Waals surface area (Å²) in [6.07, 6.45) is 1.62. The summed E-state index contributed by atoms with van der Waals surface area (Å²) < 4.78 is 1.57. The molecule has 0 amide bonds. The number of carbonyl (C=O) groups is 1. The molecule has 16 heavy (non-hydrogen) atoms. The third-order valence-electron chi connectivity index (χ3n) is 2.52. The van der Waals surface area contributed by atoms with Crippen LogP contribution in [0.4, 0.5) is 0 Å². The van der Waals surface area contributed by atoms with Gasteiger partial charge in [0.25, 0.3) is 0 Å². The molecule has 0 saturated heterocycles. The molecule has 0 bridgehead atoms. The predicted octanol–water partition coefficient (Wildman–Crippen LogP) is 1.66. The van der Waals surface area contributed by atoms with E-state index in [9.17, 15) is 4.79 Å². The summed E-state index contributed by atoms with van der Waals surface area (Å²) in [5.41, 5.74) is 2.88. The molecule has 0 aromatic carbocycles. The zero-order valence-corrected chi connectivity index (χ0v) is 9.56. The van der Waals surface area contributed by atoms with Crippen molar-refractivity contribution >= 4 is 5.78 Å². The van der Waals surface area contributed by atoms with Gasteiger partial charge in [0.05, 0.1) is 0 Å². The van der Waals surface area contributed by atoms with E-state index in [2.05, 4.69) is 10.1 Å². The van der Waals surface area contributed by atoms with Crippen LogP contribution in [0.2, 0.25) is 0 Å². The molecule has 0 fully saturated rings. The molecule has 0 spiro atoms. The lowest BCUT2D eigenvalue weighted by atomic mass is 10.1.